The van der Waals surface area contributed by atoms with Crippen LogP contribution in [0.5, 0.6) is 0 Å². The first-order valence-electron chi connectivity index (χ1n) is 4.25. The molecule has 2 N–H and O–H groups in total. The summed E-state index contributed by atoms with van der Waals surface area (Å²) in [6.07, 6.45) is -11.1. The minimum absolute atomic E-state index is 0.488. The number of hydrogen-bond acceptors (Lipinski definition) is 4. The fraction of sp³-hybridized carbons (Fsp3) is 0.714. The van der Waals surface area contributed by atoms with Crippen LogP contribution in [0.2, 0.25) is 0 Å². The number of halogens is 6. The number of nitrogens with zero attached hydrogens (tertiary/aromatic N) is 2. The van der Waals surface area contributed by atoms with E-state index >= 15 is 0 Å². The minimum Gasteiger partial charge on any atom is -0.423 e. The van der Waals surface area contributed by atoms with Gasteiger partial charge in [0.15, 0.2) is 0 Å². The molecule has 0 saturated heterocycles. The van der Waals surface area contributed by atoms with E-state index in [4.69, 9.17) is 5.73 Å². The van der Waals surface area contributed by atoms with Gasteiger partial charge in [-0.3, -0.25) is 0 Å². The Bertz CT molecular complexity index is 368. The fourth-order valence-electron chi connectivity index (χ4n) is 1.01. The maximum absolute atomic E-state index is 12.2. The summed E-state index contributed by atoms with van der Waals surface area (Å²) in [5.41, 5.74) is 5.19. The third-order valence-corrected chi connectivity index (χ3v) is 1.75. The van der Waals surface area contributed by atoms with E-state index in [1.165, 1.54) is 6.92 Å². The van der Waals surface area contributed by atoms with Crippen LogP contribution >= 0.6 is 0 Å². The third kappa shape index (κ3) is 3.08. The Morgan fingerprint density at radius 1 is 1.00 bits per heavy atom. The highest BCUT2D eigenvalue weighted by Gasteiger charge is 2.60. The second-order valence-electron chi connectivity index (χ2n) is 3.28. The molecule has 1 atom stereocenters. The fourth-order valence-corrected chi connectivity index (χ4v) is 1.01. The lowest BCUT2D eigenvalue weighted by Crippen LogP contribution is -2.34. The Kier molecular flexibility index (Phi) is 3.37. The molecule has 0 amide bonds. The highest BCUT2D eigenvalue weighted by atomic mass is 19.4. The van der Waals surface area contributed by atoms with Gasteiger partial charge in [-0.1, -0.05) is 0 Å². The molecular weight excluding hydrogens is 256 g/mol. The molecule has 1 unspecified atom stereocenters. The van der Waals surface area contributed by atoms with Crippen molar-refractivity contribution >= 4 is 0 Å². The third-order valence-electron chi connectivity index (χ3n) is 1.75. The zero-order valence-corrected chi connectivity index (χ0v) is 8.30. The summed E-state index contributed by atoms with van der Waals surface area (Å²) < 4.78 is 77.7. The van der Waals surface area contributed by atoms with Gasteiger partial charge >= 0.3 is 12.4 Å². The molecule has 1 aromatic heterocycles. The molecular formula is C7H7F6N3O. The van der Waals surface area contributed by atoms with Crippen molar-refractivity contribution in [1.82, 2.24) is 10.2 Å². The maximum atomic E-state index is 12.2. The molecule has 0 aliphatic carbocycles. The van der Waals surface area contributed by atoms with Crippen LogP contribution in [0.3, 0.4) is 0 Å². The van der Waals surface area contributed by atoms with Crippen molar-refractivity contribution in [3.63, 3.8) is 0 Å². The monoisotopic (exact) mass is 263 g/mol. The summed E-state index contributed by atoms with van der Waals surface area (Å²) in [5, 5.41) is 5.76. The number of alkyl halides is 6. The van der Waals surface area contributed by atoms with E-state index in [-0.39, 0.29) is 0 Å². The molecule has 17 heavy (non-hydrogen) atoms. The molecule has 1 heterocycles. The Morgan fingerprint density at radius 2 is 1.41 bits per heavy atom. The maximum Gasteiger partial charge on any atom is 0.409 e. The smallest absolute Gasteiger partial charge is 0.409 e. The Balaban J connectivity index is 3.15. The molecule has 0 saturated carbocycles. The van der Waals surface area contributed by atoms with Crippen molar-refractivity contribution < 1.29 is 30.8 Å². The van der Waals surface area contributed by atoms with Gasteiger partial charge in [0.25, 0.3) is 0 Å². The van der Waals surface area contributed by atoms with E-state index in [1.807, 2.05) is 0 Å². The Hall–Kier alpha value is -1.32. The predicted octanol–water partition coefficient (Wildman–Crippen LogP) is 2.30. The van der Waals surface area contributed by atoms with Gasteiger partial charge in [-0.05, 0) is 6.92 Å². The van der Waals surface area contributed by atoms with Crippen LogP contribution in [0.25, 0.3) is 0 Å². The predicted molar refractivity (Wildman–Crippen MR) is 41.8 cm³/mol. The lowest BCUT2D eigenvalue weighted by atomic mass is 10.1. The van der Waals surface area contributed by atoms with Gasteiger partial charge in [0, 0.05) is 0 Å². The summed E-state index contributed by atoms with van der Waals surface area (Å²) in [7, 11) is 0. The van der Waals surface area contributed by atoms with Crippen molar-refractivity contribution in [3.8, 4) is 0 Å². The molecule has 0 spiro atoms. The van der Waals surface area contributed by atoms with Gasteiger partial charge < -0.3 is 10.2 Å². The van der Waals surface area contributed by atoms with Crippen molar-refractivity contribution in [1.29, 1.82) is 0 Å². The van der Waals surface area contributed by atoms with Crippen molar-refractivity contribution in [3.05, 3.63) is 11.8 Å². The summed E-state index contributed by atoms with van der Waals surface area (Å²) in [6, 6.07) is -0.946. The van der Waals surface area contributed by atoms with Crippen LogP contribution in [-0.2, 0) is 0 Å². The van der Waals surface area contributed by atoms with E-state index in [2.05, 4.69) is 14.6 Å². The molecule has 0 bridgehead atoms. The van der Waals surface area contributed by atoms with E-state index in [9.17, 15) is 26.3 Å². The molecule has 10 heteroatoms. The van der Waals surface area contributed by atoms with E-state index in [1.54, 1.807) is 0 Å². The van der Waals surface area contributed by atoms with Crippen LogP contribution in [0, 0.1) is 0 Å². The van der Waals surface area contributed by atoms with Gasteiger partial charge in [0.05, 0.1) is 6.04 Å². The second-order valence-corrected chi connectivity index (χ2v) is 3.28. The van der Waals surface area contributed by atoms with Crippen molar-refractivity contribution in [2.45, 2.75) is 31.2 Å². The average Bonchev–Trinajstić information content (AvgIpc) is 2.46. The number of rotatable bonds is 2. The van der Waals surface area contributed by atoms with Gasteiger partial charge in [-0.2, -0.15) is 26.3 Å². The van der Waals surface area contributed by atoms with Crippen LogP contribution < -0.4 is 5.73 Å². The summed E-state index contributed by atoms with van der Waals surface area (Å²) >= 11 is 0. The molecule has 0 aliphatic heterocycles. The van der Waals surface area contributed by atoms with Gasteiger partial charge in [-0.15, -0.1) is 10.2 Å². The number of hydrogen-bond donors (Lipinski definition) is 1. The van der Waals surface area contributed by atoms with Crippen LogP contribution in [0.15, 0.2) is 4.42 Å². The largest absolute Gasteiger partial charge is 0.423 e. The lowest BCUT2D eigenvalue weighted by Gasteiger charge is -2.19. The van der Waals surface area contributed by atoms with Gasteiger partial charge in [0.1, 0.15) is 0 Å². The molecule has 98 valence electrons. The van der Waals surface area contributed by atoms with Crippen LogP contribution in [0.4, 0.5) is 26.3 Å². The molecule has 1 aromatic rings. The molecule has 0 radical (unpaired) electrons. The first kappa shape index (κ1) is 13.7. The minimum atomic E-state index is -5.56. The molecule has 0 fully saturated rings. The number of nitrogens with two attached hydrogens (primary N) is 1. The van der Waals surface area contributed by atoms with E-state index < -0.39 is 36.1 Å². The van der Waals surface area contributed by atoms with Crippen LogP contribution in [0.1, 0.15) is 30.7 Å². The lowest BCUT2D eigenvalue weighted by molar-refractivity contribution is -0.258. The molecule has 4 nitrogen and oxygen atoms in total. The second kappa shape index (κ2) is 4.17. The van der Waals surface area contributed by atoms with Crippen molar-refractivity contribution in [2.75, 3.05) is 0 Å². The highest BCUT2D eigenvalue weighted by Crippen LogP contribution is 2.45. The summed E-state index contributed by atoms with van der Waals surface area (Å²) in [4.78, 5) is 0. The Labute approximate surface area is 90.8 Å². The molecule has 0 aromatic carbocycles. The summed E-state index contributed by atoms with van der Waals surface area (Å²) in [5.74, 6) is -5.84. The molecule has 0 aliphatic rings. The quantitative estimate of drug-likeness (QED) is 0.831. The summed E-state index contributed by atoms with van der Waals surface area (Å²) in [6.45, 7) is 1.29. The van der Waals surface area contributed by atoms with E-state index in [0.29, 0.717) is 0 Å². The zero-order chi connectivity index (χ0) is 13.4. The first-order chi connectivity index (χ1) is 7.53. The Morgan fingerprint density at radius 3 is 1.71 bits per heavy atom. The average molecular weight is 263 g/mol. The van der Waals surface area contributed by atoms with Crippen molar-refractivity contribution in [2.24, 2.45) is 5.73 Å². The zero-order valence-electron chi connectivity index (χ0n) is 8.30. The topological polar surface area (TPSA) is 64.9 Å². The molecule has 1 rings (SSSR count). The number of aromatic nitrogens is 2. The van der Waals surface area contributed by atoms with E-state index in [0.717, 1.165) is 0 Å². The van der Waals surface area contributed by atoms with Crippen LogP contribution in [-0.4, -0.2) is 22.5 Å². The first-order valence-corrected chi connectivity index (χ1v) is 4.25. The van der Waals surface area contributed by atoms with Gasteiger partial charge in [-0.25, -0.2) is 0 Å². The highest BCUT2D eigenvalue weighted by molar-refractivity contribution is 5.01. The van der Waals surface area contributed by atoms with Gasteiger partial charge in [0.2, 0.25) is 17.7 Å². The SMILES string of the molecule is CC(N)c1nnc(C(C(F)(F)F)C(F)(F)F)o1. The standard InChI is InChI=1S/C7H7F6N3O/c1-2(14)4-15-16-5(17-4)3(6(8,9)10)7(11,12)13/h2-3H,14H2,1H3. The normalized spacial score (nSPS) is 15.4.